The average molecular weight is 316 g/mol. The summed E-state index contributed by atoms with van der Waals surface area (Å²) in [6.45, 7) is 3.31. The fourth-order valence-corrected chi connectivity index (χ4v) is 3.22. The molecule has 1 saturated heterocycles. The van der Waals surface area contributed by atoms with Crippen molar-refractivity contribution in [2.45, 2.75) is 12.5 Å². The van der Waals surface area contributed by atoms with E-state index < -0.39 is 11.4 Å². The summed E-state index contributed by atoms with van der Waals surface area (Å²) < 4.78 is 7.07. The number of pyridine rings is 1. The van der Waals surface area contributed by atoms with Crippen LogP contribution in [0.1, 0.15) is 22.8 Å². The average Bonchev–Trinajstić information content (AvgIpc) is 3.02. The van der Waals surface area contributed by atoms with Gasteiger partial charge in [-0.3, -0.25) is 9.69 Å². The van der Waals surface area contributed by atoms with Crippen LogP contribution < -0.4 is 5.43 Å². The molecule has 1 aromatic heterocycles. The molecule has 0 aliphatic carbocycles. The van der Waals surface area contributed by atoms with Crippen molar-refractivity contribution in [3.63, 3.8) is 0 Å². The van der Waals surface area contributed by atoms with E-state index in [9.17, 15) is 14.7 Å². The van der Waals surface area contributed by atoms with Gasteiger partial charge in [-0.05, 0) is 18.6 Å². The van der Waals surface area contributed by atoms with Gasteiger partial charge in [-0.25, -0.2) is 4.79 Å². The number of carbonyl (C=O) groups is 1. The Morgan fingerprint density at radius 1 is 1.39 bits per heavy atom. The summed E-state index contributed by atoms with van der Waals surface area (Å²) in [5, 5.41) is 9.78. The Morgan fingerprint density at radius 3 is 2.91 bits per heavy atom. The Hall–Kier alpha value is -2.18. The topological polar surface area (TPSA) is 71.8 Å². The van der Waals surface area contributed by atoms with Crippen LogP contribution in [0.15, 0.2) is 35.3 Å². The first-order valence-electron chi connectivity index (χ1n) is 7.70. The van der Waals surface area contributed by atoms with Gasteiger partial charge in [-0.1, -0.05) is 12.1 Å². The van der Waals surface area contributed by atoms with Crippen molar-refractivity contribution < 1.29 is 14.6 Å². The van der Waals surface area contributed by atoms with Crippen molar-refractivity contribution in [1.82, 2.24) is 9.47 Å². The molecule has 1 fully saturated rings. The van der Waals surface area contributed by atoms with E-state index >= 15 is 0 Å². The standard InChI is InChI=1S/C17H20N2O4/c1-23-9-8-18-7-6-12(10-18)19-11-14(17(21)22)16(20)13-4-2-3-5-15(13)19/h2-5,11-12H,6-10H2,1H3,(H,21,22). The molecule has 1 aliphatic rings. The van der Waals surface area contributed by atoms with Gasteiger partial charge in [-0.15, -0.1) is 0 Å². The van der Waals surface area contributed by atoms with Gasteiger partial charge < -0.3 is 14.4 Å². The Labute approximate surface area is 133 Å². The lowest BCUT2D eigenvalue weighted by Crippen LogP contribution is -2.26. The van der Waals surface area contributed by atoms with E-state index in [1.54, 1.807) is 19.2 Å². The zero-order chi connectivity index (χ0) is 16.4. The van der Waals surface area contributed by atoms with Crippen LogP contribution in [0.3, 0.4) is 0 Å². The van der Waals surface area contributed by atoms with Crippen molar-refractivity contribution in [1.29, 1.82) is 0 Å². The number of rotatable bonds is 5. The number of methoxy groups -OCH3 is 1. The molecule has 0 amide bonds. The number of hydrogen-bond donors (Lipinski definition) is 1. The molecule has 0 bridgehead atoms. The summed E-state index contributed by atoms with van der Waals surface area (Å²) in [6, 6.07) is 7.36. The number of likely N-dealkylation sites (tertiary alicyclic amines) is 1. The molecule has 2 aromatic rings. The Bertz CT molecular complexity index is 784. The lowest BCUT2D eigenvalue weighted by Gasteiger charge is -2.20. The van der Waals surface area contributed by atoms with Gasteiger partial charge in [0.2, 0.25) is 5.43 Å². The molecule has 2 heterocycles. The number of hydrogen-bond acceptors (Lipinski definition) is 4. The molecule has 1 N–H and O–H groups in total. The number of carboxylic acids is 1. The highest BCUT2D eigenvalue weighted by atomic mass is 16.5. The van der Waals surface area contributed by atoms with Crippen LogP contribution in [0.2, 0.25) is 0 Å². The minimum atomic E-state index is -1.18. The first kappa shape index (κ1) is 15.7. The number of ether oxygens (including phenoxy) is 1. The second kappa shape index (κ2) is 6.52. The quantitative estimate of drug-likeness (QED) is 0.907. The van der Waals surface area contributed by atoms with Crippen molar-refractivity contribution in [3.05, 3.63) is 46.2 Å². The highest BCUT2D eigenvalue weighted by Crippen LogP contribution is 2.25. The normalized spacial score (nSPS) is 18.6. The largest absolute Gasteiger partial charge is 0.477 e. The maximum Gasteiger partial charge on any atom is 0.341 e. The lowest BCUT2D eigenvalue weighted by molar-refractivity contribution is 0.0694. The Kier molecular flexibility index (Phi) is 4.45. The first-order chi connectivity index (χ1) is 11.1. The number of aromatic carboxylic acids is 1. The van der Waals surface area contributed by atoms with E-state index in [0.717, 1.165) is 31.6 Å². The number of benzene rings is 1. The molecule has 6 nitrogen and oxygen atoms in total. The van der Waals surface area contributed by atoms with Crippen molar-refractivity contribution in [3.8, 4) is 0 Å². The molecule has 122 valence electrons. The molecule has 1 aliphatic heterocycles. The molecule has 23 heavy (non-hydrogen) atoms. The Morgan fingerprint density at radius 2 is 2.17 bits per heavy atom. The van der Waals surface area contributed by atoms with E-state index in [0.29, 0.717) is 12.0 Å². The highest BCUT2D eigenvalue weighted by molar-refractivity contribution is 5.92. The van der Waals surface area contributed by atoms with Crippen molar-refractivity contribution in [2.75, 3.05) is 33.4 Å². The van der Waals surface area contributed by atoms with Crippen molar-refractivity contribution >= 4 is 16.9 Å². The van der Waals surface area contributed by atoms with E-state index in [1.165, 1.54) is 6.20 Å². The Balaban J connectivity index is 2.02. The van der Waals surface area contributed by atoms with Crippen LogP contribution in [-0.2, 0) is 4.74 Å². The third-order valence-corrected chi connectivity index (χ3v) is 4.42. The van der Waals surface area contributed by atoms with Crippen LogP contribution in [0.5, 0.6) is 0 Å². The number of fused-ring (bicyclic) bond motifs is 1. The van der Waals surface area contributed by atoms with E-state index in [4.69, 9.17) is 4.74 Å². The van der Waals surface area contributed by atoms with Gasteiger partial charge in [0.05, 0.1) is 12.1 Å². The molecule has 1 unspecified atom stereocenters. The summed E-state index contributed by atoms with van der Waals surface area (Å²) in [5.41, 5.74) is 0.207. The van der Waals surface area contributed by atoms with E-state index in [-0.39, 0.29) is 11.6 Å². The molecule has 0 spiro atoms. The molecular weight excluding hydrogens is 296 g/mol. The predicted molar refractivity (Wildman–Crippen MR) is 87.1 cm³/mol. The summed E-state index contributed by atoms with van der Waals surface area (Å²) in [7, 11) is 1.68. The summed E-state index contributed by atoms with van der Waals surface area (Å²) in [4.78, 5) is 26.0. The molecule has 3 rings (SSSR count). The summed E-state index contributed by atoms with van der Waals surface area (Å²) >= 11 is 0. The van der Waals surface area contributed by atoms with E-state index in [2.05, 4.69) is 4.90 Å². The molecule has 1 aromatic carbocycles. The fourth-order valence-electron chi connectivity index (χ4n) is 3.22. The minimum absolute atomic E-state index is 0.162. The summed E-state index contributed by atoms with van der Waals surface area (Å²) in [5.74, 6) is -1.18. The fraction of sp³-hybridized carbons (Fsp3) is 0.412. The summed E-state index contributed by atoms with van der Waals surface area (Å²) in [6.07, 6.45) is 2.42. The minimum Gasteiger partial charge on any atom is -0.477 e. The van der Waals surface area contributed by atoms with Crippen LogP contribution in [0, 0.1) is 0 Å². The SMILES string of the molecule is COCCN1CCC(n2cc(C(=O)O)c(=O)c3ccccc32)C1. The first-order valence-corrected chi connectivity index (χ1v) is 7.70. The van der Waals surface area contributed by atoms with Crippen LogP contribution >= 0.6 is 0 Å². The van der Waals surface area contributed by atoms with E-state index in [1.807, 2.05) is 16.7 Å². The maximum atomic E-state index is 12.3. The number of aromatic nitrogens is 1. The predicted octanol–water partition coefficient (Wildman–Crippen LogP) is 1.59. The molecule has 0 radical (unpaired) electrons. The zero-order valence-electron chi connectivity index (χ0n) is 13.1. The zero-order valence-corrected chi connectivity index (χ0v) is 13.1. The van der Waals surface area contributed by atoms with Crippen molar-refractivity contribution in [2.24, 2.45) is 0 Å². The highest BCUT2D eigenvalue weighted by Gasteiger charge is 2.25. The second-order valence-corrected chi connectivity index (χ2v) is 5.84. The monoisotopic (exact) mass is 316 g/mol. The number of para-hydroxylation sites is 1. The number of nitrogens with zero attached hydrogens (tertiary/aromatic N) is 2. The molecule has 1 atom stereocenters. The van der Waals surface area contributed by atoms with Gasteiger partial charge in [0.25, 0.3) is 0 Å². The maximum absolute atomic E-state index is 12.3. The second-order valence-electron chi connectivity index (χ2n) is 5.84. The molecule has 6 heteroatoms. The van der Waals surface area contributed by atoms with Gasteiger partial charge in [0.1, 0.15) is 5.56 Å². The smallest absolute Gasteiger partial charge is 0.341 e. The van der Waals surface area contributed by atoms with Crippen LogP contribution in [0.4, 0.5) is 0 Å². The van der Waals surface area contributed by atoms with Gasteiger partial charge >= 0.3 is 5.97 Å². The van der Waals surface area contributed by atoms with Gasteiger partial charge in [-0.2, -0.15) is 0 Å². The molecule has 0 saturated carbocycles. The van der Waals surface area contributed by atoms with Crippen LogP contribution in [-0.4, -0.2) is 53.9 Å². The number of carboxylic acid groups (broad SMARTS) is 1. The third kappa shape index (κ3) is 3.00. The van der Waals surface area contributed by atoms with Gasteiger partial charge in [0.15, 0.2) is 0 Å². The van der Waals surface area contributed by atoms with Gasteiger partial charge in [0, 0.05) is 44.4 Å². The van der Waals surface area contributed by atoms with Crippen LogP contribution in [0.25, 0.3) is 10.9 Å². The lowest BCUT2D eigenvalue weighted by atomic mass is 10.1. The third-order valence-electron chi connectivity index (χ3n) is 4.42. The molecular formula is C17H20N2O4.